The third-order valence-corrected chi connectivity index (χ3v) is 3.14. The molecule has 0 N–H and O–H groups in total. The minimum Gasteiger partial charge on any atom is -0.444 e. The molecular weight excluding hydrogens is 242 g/mol. The predicted molar refractivity (Wildman–Crippen MR) is 71.3 cm³/mol. The third-order valence-electron chi connectivity index (χ3n) is 3.14. The van der Waals surface area contributed by atoms with Crippen LogP contribution in [-0.2, 0) is 16.1 Å². The first-order valence-electron chi connectivity index (χ1n) is 6.41. The molecule has 0 bridgehead atoms. The van der Waals surface area contributed by atoms with Crippen LogP contribution in [0.5, 0.6) is 0 Å². The van der Waals surface area contributed by atoms with E-state index in [0.717, 1.165) is 16.9 Å². The number of benzene rings is 1. The van der Waals surface area contributed by atoms with Crippen molar-refractivity contribution < 1.29 is 14.3 Å². The fourth-order valence-electron chi connectivity index (χ4n) is 1.92. The highest BCUT2D eigenvalue weighted by molar-refractivity contribution is 5.99. The molecule has 0 saturated heterocycles. The van der Waals surface area contributed by atoms with Gasteiger partial charge in [-0.05, 0) is 17.9 Å². The van der Waals surface area contributed by atoms with Crippen molar-refractivity contribution in [3.63, 3.8) is 0 Å². The van der Waals surface area contributed by atoms with E-state index in [-0.39, 0.29) is 18.4 Å². The van der Waals surface area contributed by atoms with E-state index in [9.17, 15) is 9.59 Å². The number of rotatable bonds is 3. The van der Waals surface area contributed by atoms with Gasteiger partial charge in [-0.15, -0.1) is 0 Å². The molecule has 1 aliphatic rings. The maximum Gasteiger partial charge on any atom is 0.417 e. The maximum atomic E-state index is 11.9. The quantitative estimate of drug-likeness (QED) is 0.838. The van der Waals surface area contributed by atoms with Gasteiger partial charge < -0.3 is 4.74 Å². The minimum absolute atomic E-state index is 0.184. The van der Waals surface area contributed by atoms with Gasteiger partial charge in [0.15, 0.2) is 0 Å². The van der Waals surface area contributed by atoms with Crippen molar-refractivity contribution in [2.45, 2.75) is 20.0 Å². The summed E-state index contributed by atoms with van der Waals surface area (Å²) in [4.78, 5) is 24.7. The Kier molecular flexibility index (Phi) is 4.34. The van der Waals surface area contributed by atoms with Crippen LogP contribution in [0.15, 0.2) is 42.5 Å². The van der Waals surface area contributed by atoms with Gasteiger partial charge in [0.05, 0.1) is 0 Å². The first kappa shape index (κ1) is 13.3. The number of carbonyl (C=O) groups excluding carboxylic acids is 2. The van der Waals surface area contributed by atoms with E-state index in [0.29, 0.717) is 6.54 Å². The van der Waals surface area contributed by atoms with Gasteiger partial charge in [0.2, 0.25) is 0 Å². The average molecular weight is 259 g/mol. The fourth-order valence-corrected chi connectivity index (χ4v) is 1.92. The summed E-state index contributed by atoms with van der Waals surface area (Å²) in [6, 6.07) is 9.41. The highest BCUT2D eigenvalue weighted by Crippen LogP contribution is 2.15. The van der Waals surface area contributed by atoms with Crippen molar-refractivity contribution in [3.8, 4) is 0 Å². The second-order valence-corrected chi connectivity index (χ2v) is 4.52. The van der Waals surface area contributed by atoms with Gasteiger partial charge in [0, 0.05) is 12.6 Å². The van der Waals surface area contributed by atoms with Crippen LogP contribution in [0.1, 0.15) is 18.9 Å². The Morgan fingerprint density at radius 3 is 2.79 bits per heavy atom. The molecule has 1 aromatic rings. The third kappa shape index (κ3) is 3.44. The SMILES string of the molecule is CCC1C=CC(=O)N(C(=O)OCc2ccccc2)C1. The first-order valence-corrected chi connectivity index (χ1v) is 6.41. The Morgan fingerprint density at radius 1 is 1.37 bits per heavy atom. The van der Waals surface area contributed by atoms with Crippen LogP contribution in [0.2, 0.25) is 0 Å². The number of ether oxygens (including phenoxy) is 1. The van der Waals surface area contributed by atoms with Gasteiger partial charge in [-0.2, -0.15) is 0 Å². The van der Waals surface area contributed by atoms with E-state index in [4.69, 9.17) is 4.74 Å². The van der Waals surface area contributed by atoms with Crippen molar-refractivity contribution in [1.82, 2.24) is 4.90 Å². The smallest absolute Gasteiger partial charge is 0.417 e. The second kappa shape index (κ2) is 6.18. The Bertz CT molecular complexity index is 481. The molecule has 1 aliphatic heterocycles. The number of amides is 2. The molecule has 0 saturated carbocycles. The summed E-state index contributed by atoms with van der Waals surface area (Å²) in [5.74, 6) is -0.0789. The lowest BCUT2D eigenvalue weighted by Crippen LogP contribution is -2.41. The van der Waals surface area contributed by atoms with Gasteiger partial charge in [-0.25, -0.2) is 9.69 Å². The van der Waals surface area contributed by atoms with Crippen molar-refractivity contribution >= 4 is 12.0 Å². The monoisotopic (exact) mass is 259 g/mol. The van der Waals surface area contributed by atoms with Crippen LogP contribution in [-0.4, -0.2) is 23.4 Å². The molecule has 100 valence electrons. The van der Waals surface area contributed by atoms with Crippen molar-refractivity contribution in [1.29, 1.82) is 0 Å². The topological polar surface area (TPSA) is 46.6 Å². The van der Waals surface area contributed by atoms with Gasteiger partial charge in [-0.1, -0.05) is 43.3 Å². The van der Waals surface area contributed by atoms with E-state index in [2.05, 4.69) is 0 Å². The zero-order valence-electron chi connectivity index (χ0n) is 10.9. The number of hydrogen-bond acceptors (Lipinski definition) is 3. The van der Waals surface area contributed by atoms with Crippen molar-refractivity contribution in [2.24, 2.45) is 5.92 Å². The summed E-state index contributed by atoms with van der Waals surface area (Å²) in [5, 5.41) is 0. The molecule has 0 fully saturated rings. The molecule has 0 aromatic heterocycles. The molecule has 1 unspecified atom stereocenters. The van der Waals surface area contributed by atoms with Gasteiger partial charge >= 0.3 is 6.09 Å². The van der Waals surface area contributed by atoms with Gasteiger partial charge in [-0.3, -0.25) is 4.79 Å². The highest BCUT2D eigenvalue weighted by Gasteiger charge is 2.26. The molecule has 4 nitrogen and oxygen atoms in total. The second-order valence-electron chi connectivity index (χ2n) is 4.52. The van der Waals surface area contributed by atoms with Gasteiger partial charge in [0.1, 0.15) is 6.61 Å². The van der Waals surface area contributed by atoms with E-state index in [1.807, 2.05) is 43.3 Å². The zero-order chi connectivity index (χ0) is 13.7. The number of imide groups is 1. The number of nitrogens with zero attached hydrogens (tertiary/aromatic N) is 1. The summed E-state index contributed by atoms with van der Waals surface area (Å²) in [6.45, 7) is 2.61. The van der Waals surface area contributed by atoms with E-state index in [1.54, 1.807) is 0 Å². The lowest BCUT2D eigenvalue weighted by Gasteiger charge is -2.25. The Balaban J connectivity index is 1.93. The maximum absolute atomic E-state index is 11.9. The Labute approximate surface area is 112 Å². The van der Waals surface area contributed by atoms with E-state index < -0.39 is 6.09 Å². The lowest BCUT2D eigenvalue weighted by atomic mass is 10.0. The van der Waals surface area contributed by atoms with Crippen LogP contribution >= 0.6 is 0 Å². The van der Waals surface area contributed by atoms with Crippen LogP contribution < -0.4 is 0 Å². The summed E-state index contributed by atoms with van der Waals surface area (Å²) in [7, 11) is 0. The predicted octanol–water partition coefficient (Wildman–Crippen LogP) is 2.75. The Hall–Kier alpha value is -2.10. The minimum atomic E-state index is -0.573. The summed E-state index contributed by atoms with van der Waals surface area (Å²) in [6.07, 6.45) is 3.62. The molecule has 0 radical (unpaired) electrons. The molecular formula is C15H17NO3. The van der Waals surface area contributed by atoms with Crippen LogP contribution in [0.25, 0.3) is 0 Å². The number of carbonyl (C=O) groups is 2. The molecule has 1 heterocycles. The van der Waals surface area contributed by atoms with E-state index >= 15 is 0 Å². The largest absolute Gasteiger partial charge is 0.444 e. The zero-order valence-corrected chi connectivity index (χ0v) is 10.9. The molecule has 2 rings (SSSR count). The molecule has 1 atom stereocenters. The molecule has 0 aliphatic carbocycles. The molecule has 4 heteroatoms. The summed E-state index contributed by atoms with van der Waals surface area (Å²) >= 11 is 0. The van der Waals surface area contributed by atoms with Crippen LogP contribution in [0, 0.1) is 5.92 Å². The summed E-state index contributed by atoms with van der Waals surface area (Å²) in [5.41, 5.74) is 0.905. The molecule has 2 amide bonds. The van der Waals surface area contributed by atoms with Crippen LogP contribution in [0.4, 0.5) is 4.79 Å². The highest BCUT2D eigenvalue weighted by atomic mass is 16.6. The standard InChI is InChI=1S/C15H17NO3/c1-2-12-8-9-14(17)16(10-12)15(18)19-11-13-6-4-3-5-7-13/h3-9,12H,2,10-11H2,1H3. The Morgan fingerprint density at radius 2 is 2.11 bits per heavy atom. The van der Waals surface area contributed by atoms with E-state index in [1.165, 1.54) is 6.08 Å². The van der Waals surface area contributed by atoms with Crippen molar-refractivity contribution in [3.05, 3.63) is 48.0 Å². The fraction of sp³-hybridized carbons (Fsp3) is 0.333. The number of hydrogen-bond donors (Lipinski definition) is 0. The normalized spacial score (nSPS) is 18.5. The first-order chi connectivity index (χ1) is 9.20. The lowest BCUT2D eigenvalue weighted by molar-refractivity contribution is -0.125. The molecule has 19 heavy (non-hydrogen) atoms. The van der Waals surface area contributed by atoms with Crippen LogP contribution in [0.3, 0.4) is 0 Å². The van der Waals surface area contributed by atoms with Crippen molar-refractivity contribution in [2.75, 3.05) is 6.54 Å². The average Bonchev–Trinajstić information content (AvgIpc) is 2.46. The molecule has 1 aromatic carbocycles. The summed E-state index contributed by atoms with van der Waals surface area (Å²) < 4.78 is 5.16. The van der Waals surface area contributed by atoms with Gasteiger partial charge in [0.25, 0.3) is 5.91 Å². The molecule has 0 spiro atoms.